The van der Waals surface area contributed by atoms with Gasteiger partial charge in [-0.1, -0.05) is 65.9 Å². The van der Waals surface area contributed by atoms with Crippen molar-refractivity contribution in [3.8, 4) is 5.75 Å². The summed E-state index contributed by atoms with van der Waals surface area (Å²) in [7, 11) is 0. The summed E-state index contributed by atoms with van der Waals surface area (Å²) in [5, 5.41) is 15.1. The summed E-state index contributed by atoms with van der Waals surface area (Å²) < 4.78 is 5.93. The number of aromatic amines is 1. The molecule has 35 heavy (non-hydrogen) atoms. The molecule has 0 aliphatic carbocycles. The van der Waals surface area contributed by atoms with Crippen LogP contribution in [0.1, 0.15) is 39.4 Å². The predicted molar refractivity (Wildman–Crippen MR) is 133 cm³/mol. The zero-order valence-corrected chi connectivity index (χ0v) is 19.2. The Hall–Kier alpha value is -4.39. The van der Waals surface area contributed by atoms with Crippen LogP contribution in [0.5, 0.6) is 5.75 Å². The van der Waals surface area contributed by atoms with Gasteiger partial charge in [-0.15, -0.1) is 10.2 Å². The second kappa shape index (κ2) is 10.7. The molecule has 0 saturated carbocycles. The number of tetrazole rings is 1. The molecule has 2 aromatic heterocycles. The highest BCUT2D eigenvalue weighted by atomic mass is 16.5. The van der Waals surface area contributed by atoms with Crippen LogP contribution in [0.25, 0.3) is 10.9 Å². The smallest absolute Gasteiger partial charge is 0.174 e. The molecular weight excluding hydrogens is 438 g/mol. The molecule has 0 saturated heterocycles. The largest absolute Gasteiger partial charge is 0.487 e. The summed E-state index contributed by atoms with van der Waals surface area (Å²) in [6.45, 7) is 0.344. The third kappa shape index (κ3) is 5.95. The number of Topliss-reactive ketones (excluding diaryl/α,β-unsaturated/α-hetero) is 1. The van der Waals surface area contributed by atoms with Crippen molar-refractivity contribution in [1.29, 1.82) is 0 Å². The Morgan fingerprint density at radius 3 is 2.57 bits per heavy atom. The number of para-hydroxylation sites is 1. The second-order valence-electron chi connectivity index (χ2n) is 8.41. The number of pyridine rings is 1. The minimum absolute atomic E-state index is 0.0594. The lowest BCUT2D eigenvalue weighted by atomic mass is 10.0. The van der Waals surface area contributed by atoms with Gasteiger partial charge in [0.25, 0.3) is 0 Å². The van der Waals surface area contributed by atoms with E-state index in [0.29, 0.717) is 24.3 Å². The summed E-state index contributed by atoms with van der Waals surface area (Å²) in [4.78, 5) is 17.5. The third-order valence-electron chi connectivity index (χ3n) is 5.84. The fourth-order valence-corrected chi connectivity index (χ4v) is 3.96. The molecule has 0 fully saturated rings. The molecule has 5 rings (SSSR count). The number of aryl methyl sites for hydroxylation is 2. The van der Waals surface area contributed by atoms with Crippen LogP contribution in [-0.2, 0) is 25.9 Å². The average Bonchev–Trinajstić information content (AvgIpc) is 3.42. The van der Waals surface area contributed by atoms with Gasteiger partial charge < -0.3 is 4.74 Å². The molecule has 0 amide bonds. The van der Waals surface area contributed by atoms with Crippen molar-refractivity contribution >= 4 is 16.7 Å². The Bertz CT molecular complexity index is 1420. The van der Waals surface area contributed by atoms with Crippen molar-refractivity contribution in [3.05, 3.63) is 113 Å². The van der Waals surface area contributed by atoms with Crippen LogP contribution in [0.3, 0.4) is 0 Å². The van der Waals surface area contributed by atoms with Gasteiger partial charge in [-0.25, -0.2) is 4.98 Å². The Balaban J connectivity index is 1.15. The van der Waals surface area contributed by atoms with Gasteiger partial charge in [-0.3, -0.25) is 4.79 Å². The molecule has 0 bridgehead atoms. The maximum atomic E-state index is 12.9. The first-order valence-corrected chi connectivity index (χ1v) is 11.6. The molecule has 0 aliphatic heterocycles. The van der Waals surface area contributed by atoms with E-state index in [9.17, 15) is 4.79 Å². The molecule has 2 heterocycles. The van der Waals surface area contributed by atoms with Crippen LogP contribution >= 0.6 is 0 Å². The van der Waals surface area contributed by atoms with Gasteiger partial charge >= 0.3 is 0 Å². The van der Waals surface area contributed by atoms with E-state index in [1.54, 1.807) is 6.07 Å². The van der Waals surface area contributed by atoms with Crippen LogP contribution in [0.4, 0.5) is 0 Å². The maximum Gasteiger partial charge on any atom is 0.174 e. The van der Waals surface area contributed by atoms with Crippen LogP contribution < -0.4 is 4.74 Å². The van der Waals surface area contributed by atoms with Crippen molar-refractivity contribution in [3.63, 3.8) is 0 Å². The van der Waals surface area contributed by atoms with Gasteiger partial charge in [0.15, 0.2) is 11.6 Å². The Morgan fingerprint density at radius 2 is 1.71 bits per heavy atom. The number of fused-ring (bicyclic) bond motifs is 1. The highest BCUT2D eigenvalue weighted by molar-refractivity contribution is 5.97. The molecule has 1 N–H and O–H groups in total. The third-order valence-corrected chi connectivity index (χ3v) is 5.84. The van der Waals surface area contributed by atoms with E-state index in [1.807, 2.05) is 66.7 Å². The number of rotatable bonds is 10. The molecule has 7 heteroatoms. The standard InChI is InChI=1S/C28H25N5O2/c34-27(17-21-13-11-20(12-14-21)5-3-10-28-30-32-33-31-28)23-7-4-8-25(18-23)35-19-24-16-15-22-6-1-2-9-26(22)29-24/h1-2,4,6-9,11-16,18H,3,5,10,17,19H2,(H,30,31,32,33). The lowest BCUT2D eigenvalue weighted by Gasteiger charge is -2.09. The first-order chi connectivity index (χ1) is 17.2. The minimum atomic E-state index is 0.0594. The number of carbonyl (C=O) groups is 1. The molecule has 0 radical (unpaired) electrons. The number of ether oxygens (including phenoxy) is 1. The lowest BCUT2D eigenvalue weighted by molar-refractivity contribution is 0.0992. The van der Waals surface area contributed by atoms with Gasteiger partial charge in [-0.05, 0) is 48.2 Å². The fraction of sp³-hybridized carbons (Fsp3) is 0.179. The first-order valence-electron chi connectivity index (χ1n) is 11.6. The summed E-state index contributed by atoms with van der Waals surface area (Å²) in [5.74, 6) is 1.44. The Labute approximate surface area is 203 Å². The molecule has 0 atom stereocenters. The molecule has 3 aromatic carbocycles. The SMILES string of the molecule is O=C(Cc1ccc(CCCc2nn[nH]n2)cc1)c1cccc(OCc2ccc3ccccc3n2)c1. The number of nitrogens with zero attached hydrogens (tertiary/aromatic N) is 4. The highest BCUT2D eigenvalue weighted by Gasteiger charge is 2.09. The number of hydrogen-bond donors (Lipinski definition) is 1. The topological polar surface area (TPSA) is 93.7 Å². The quantitative estimate of drug-likeness (QED) is 0.295. The average molecular weight is 464 g/mol. The number of ketones is 1. The Kier molecular flexibility index (Phi) is 6.84. The zero-order chi connectivity index (χ0) is 23.9. The highest BCUT2D eigenvalue weighted by Crippen LogP contribution is 2.18. The van der Waals surface area contributed by atoms with Gasteiger partial charge in [-0.2, -0.15) is 5.21 Å². The van der Waals surface area contributed by atoms with E-state index in [1.165, 1.54) is 5.56 Å². The molecule has 5 aromatic rings. The summed E-state index contributed by atoms with van der Waals surface area (Å²) in [5.41, 5.74) is 4.64. The van der Waals surface area contributed by atoms with E-state index in [-0.39, 0.29) is 5.78 Å². The number of hydrogen-bond acceptors (Lipinski definition) is 6. The molecule has 0 aliphatic rings. The molecular formula is C28H25N5O2. The van der Waals surface area contributed by atoms with Crippen LogP contribution in [0, 0.1) is 0 Å². The van der Waals surface area contributed by atoms with Gasteiger partial charge in [0, 0.05) is 23.8 Å². The fourth-order valence-electron chi connectivity index (χ4n) is 3.96. The first kappa shape index (κ1) is 22.4. The van der Waals surface area contributed by atoms with Crippen molar-refractivity contribution < 1.29 is 9.53 Å². The zero-order valence-electron chi connectivity index (χ0n) is 19.2. The van der Waals surface area contributed by atoms with Crippen LogP contribution in [0.15, 0.2) is 84.9 Å². The Morgan fingerprint density at radius 1 is 0.857 bits per heavy atom. The number of H-pyrrole nitrogens is 1. The monoisotopic (exact) mass is 463 g/mol. The normalized spacial score (nSPS) is 11.0. The van der Waals surface area contributed by atoms with Gasteiger partial charge in [0.1, 0.15) is 12.4 Å². The molecule has 174 valence electrons. The lowest BCUT2D eigenvalue weighted by Crippen LogP contribution is -2.05. The number of carbonyl (C=O) groups excluding carboxylic acids is 1. The van der Waals surface area contributed by atoms with Gasteiger partial charge in [0.05, 0.1) is 11.2 Å². The summed E-state index contributed by atoms with van der Waals surface area (Å²) in [6, 6.07) is 27.5. The second-order valence-corrected chi connectivity index (χ2v) is 8.41. The van der Waals surface area contributed by atoms with E-state index >= 15 is 0 Å². The molecule has 7 nitrogen and oxygen atoms in total. The van der Waals surface area contributed by atoms with Crippen LogP contribution in [-0.4, -0.2) is 31.4 Å². The maximum absolute atomic E-state index is 12.9. The number of benzene rings is 3. The van der Waals surface area contributed by atoms with Crippen molar-refractivity contribution in [1.82, 2.24) is 25.6 Å². The van der Waals surface area contributed by atoms with E-state index in [4.69, 9.17) is 4.74 Å². The van der Waals surface area contributed by atoms with Crippen LogP contribution in [0.2, 0.25) is 0 Å². The molecule has 0 spiro atoms. The molecule has 0 unspecified atom stereocenters. The van der Waals surface area contributed by atoms with Gasteiger partial charge in [0.2, 0.25) is 0 Å². The van der Waals surface area contributed by atoms with E-state index < -0.39 is 0 Å². The van der Waals surface area contributed by atoms with E-state index in [2.05, 4.69) is 37.7 Å². The summed E-state index contributed by atoms with van der Waals surface area (Å²) >= 11 is 0. The van der Waals surface area contributed by atoms with Crippen molar-refractivity contribution in [2.24, 2.45) is 0 Å². The number of nitrogens with one attached hydrogen (secondary N) is 1. The number of aromatic nitrogens is 5. The van der Waals surface area contributed by atoms with Crippen molar-refractivity contribution in [2.75, 3.05) is 0 Å². The minimum Gasteiger partial charge on any atom is -0.487 e. The van der Waals surface area contributed by atoms with Crippen molar-refractivity contribution in [2.45, 2.75) is 32.3 Å². The predicted octanol–water partition coefficient (Wildman–Crippen LogP) is 4.93. The van der Waals surface area contributed by atoms with E-state index in [0.717, 1.165) is 47.2 Å². The summed E-state index contributed by atoms with van der Waals surface area (Å²) in [6.07, 6.45) is 3.00.